The lowest BCUT2D eigenvalue weighted by atomic mass is 10.1. The van der Waals surface area contributed by atoms with Crippen LogP contribution in [0.15, 0.2) is 42.5 Å². The highest BCUT2D eigenvalue weighted by Crippen LogP contribution is 2.19. The molecule has 0 saturated carbocycles. The van der Waals surface area contributed by atoms with Crippen molar-refractivity contribution in [2.75, 3.05) is 11.9 Å². The smallest absolute Gasteiger partial charge is 0.262 e. The topological polar surface area (TPSA) is 38.3 Å². The minimum absolute atomic E-state index is 0.00688. The van der Waals surface area contributed by atoms with Gasteiger partial charge in [-0.05, 0) is 71.8 Å². The van der Waals surface area contributed by atoms with Gasteiger partial charge in [-0.3, -0.25) is 4.79 Å². The standard InChI is InChI=1S/C16H16INO2/c1-11-7-8-13(9-12(11)2)18-16(19)10-20-15-6-4-3-5-14(15)17/h3-9H,10H2,1-2H3,(H,18,19). The second-order valence-corrected chi connectivity index (χ2v) is 5.73. The van der Waals surface area contributed by atoms with Crippen LogP contribution in [0.1, 0.15) is 11.1 Å². The molecule has 1 N–H and O–H groups in total. The van der Waals surface area contributed by atoms with Crippen LogP contribution in [-0.2, 0) is 4.79 Å². The number of carbonyl (C=O) groups excluding carboxylic acids is 1. The Morgan fingerprint density at radius 2 is 1.90 bits per heavy atom. The number of anilines is 1. The van der Waals surface area contributed by atoms with Crippen molar-refractivity contribution in [1.82, 2.24) is 0 Å². The Balaban J connectivity index is 1.93. The van der Waals surface area contributed by atoms with Gasteiger partial charge in [0.2, 0.25) is 0 Å². The van der Waals surface area contributed by atoms with E-state index in [1.165, 1.54) is 5.56 Å². The monoisotopic (exact) mass is 381 g/mol. The summed E-state index contributed by atoms with van der Waals surface area (Å²) in [5.74, 6) is 0.566. The van der Waals surface area contributed by atoms with Crippen molar-refractivity contribution in [2.24, 2.45) is 0 Å². The molecule has 0 aliphatic carbocycles. The number of ether oxygens (including phenoxy) is 1. The number of benzene rings is 2. The SMILES string of the molecule is Cc1ccc(NC(=O)COc2ccccc2I)cc1C. The number of hydrogen-bond acceptors (Lipinski definition) is 2. The molecular formula is C16H16INO2. The maximum Gasteiger partial charge on any atom is 0.262 e. The Bertz CT molecular complexity index is 626. The van der Waals surface area contributed by atoms with Gasteiger partial charge in [0, 0.05) is 5.69 Å². The van der Waals surface area contributed by atoms with Crippen LogP contribution in [0.3, 0.4) is 0 Å². The molecule has 104 valence electrons. The fourth-order valence-electron chi connectivity index (χ4n) is 1.72. The molecule has 0 radical (unpaired) electrons. The predicted octanol–water partition coefficient (Wildman–Crippen LogP) is 3.93. The molecule has 2 rings (SSSR count). The van der Waals surface area contributed by atoms with E-state index in [9.17, 15) is 4.79 Å². The lowest BCUT2D eigenvalue weighted by molar-refractivity contribution is -0.118. The average Bonchev–Trinajstić information content (AvgIpc) is 2.42. The third-order valence-corrected chi connectivity index (χ3v) is 3.88. The normalized spacial score (nSPS) is 10.2. The fourth-order valence-corrected chi connectivity index (χ4v) is 2.26. The van der Waals surface area contributed by atoms with Crippen molar-refractivity contribution < 1.29 is 9.53 Å². The summed E-state index contributed by atoms with van der Waals surface area (Å²) in [5, 5.41) is 2.83. The van der Waals surface area contributed by atoms with Gasteiger partial charge in [0.1, 0.15) is 5.75 Å². The number of para-hydroxylation sites is 1. The number of aryl methyl sites for hydroxylation is 2. The van der Waals surface area contributed by atoms with Crippen LogP contribution in [0.25, 0.3) is 0 Å². The van der Waals surface area contributed by atoms with E-state index in [4.69, 9.17) is 4.74 Å². The second-order valence-electron chi connectivity index (χ2n) is 4.57. The van der Waals surface area contributed by atoms with Crippen LogP contribution in [0.5, 0.6) is 5.75 Å². The number of amides is 1. The molecule has 4 heteroatoms. The highest BCUT2D eigenvalue weighted by Gasteiger charge is 2.06. The minimum Gasteiger partial charge on any atom is -0.483 e. The first-order valence-electron chi connectivity index (χ1n) is 6.30. The Morgan fingerprint density at radius 3 is 2.60 bits per heavy atom. The van der Waals surface area contributed by atoms with Crippen LogP contribution >= 0.6 is 22.6 Å². The Hall–Kier alpha value is -1.56. The van der Waals surface area contributed by atoms with Gasteiger partial charge in [-0.25, -0.2) is 0 Å². The molecule has 3 nitrogen and oxygen atoms in total. The summed E-state index contributed by atoms with van der Waals surface area (Å²) in [6.45, 7) is 4.07. The molecule has 0 spiro atoms. The molecule has 0 aromatic heterocycles. The first kappa shape index (κ1) is 14.8. The summed E-state index contributed by atoms with van der Waals surface area (Å²) < 4.78 is 6.50. The van der Waals surface area contributed by atoms with Crippen LogP contribution in [0.2, 0.25) is 0 Å². The van der Waals surface area contributed by atoms with E-state index in [-0.39, 0.29) is 12.5 Å². The van der Waals surface area contributed by atoms with Crippen LogP contribution < -0.4 is 10.1 Å². The van der Waals surface area contributed by atoms with E-state index in [1.54, 1.807) is 0 Å². The Kier molecular flexibility index (Phi) is 5.00. The number of halogens is 1. The van der Waals surface area contributed by atoms with Crippen molar-refractivity contribution in [3.63, 3.8) is 0 Å². The number of nitrogens with one attached hydrogen (secondary N) is 1. The zero-order valence-corrected chi connectivity index (χ0v) is 13.6. The molecule has 2 aromatic rings. The van der Waals surface area contributed by atoms with E-state index in [0.717, 1.165) is 20.6 Å². The summed E-state index contributed by atoms with van der Waals surface area (Å²) in [6.07, 6.45) is 0. The van der Waals surface area contributed by atoms with Gasteiger partial charge in [0.15, 0.2) is 6.61 Å². The van der Waals surface area contributed by atoms with Crippen molar-refractivity contribution in [2.45, 2.75) is 13.8 Å². The van der Waals surface area contributed by atoms with E-state index in [1.807, 2.05) is 56.3 Å². The first-order chi connectivity index (χ1) is 9.56. The second kappa shape index (κ2) is 6.74. The highest BCUT2D eigenvalue weighted by atomic mass is 127. The molecule has 0 unspecified atom stereocenters. The van der Waals surface area contributed by atoms with Gasteiger partial charge in [-0.1, -0.05) is 18.2 Å². The van der Waals surface area contributed by atoms with Crippen LogP contribution in [0, 0.1) is 17.4 Å². The summed E-state index contributed by atoms with van der Waals surface area (Å²) in [5.41, 5.74) is 3.16. The molecular weight excluding hydrogens is 365 g/mol. The van der Waals surface area contributed by atoms with Crippen molar-refractivity contribution >= 4 is 34.2 Å². The van der Waals surface area contributed by atoms with Gasteiger partial charge < -0.3 is 10.1 Å². The number of hydrogen-bond donors (Lipinski definition) is 1. The summed E-state index contributed by atoms with van der Waals surface area (Å²) in [6, 6.07) is 13.5. The zero-order valence-electron chi connectivity index (χ0n) is 11.4. The third-order valence-electron chi connectivity index (χ3n) is 2.99. The third kappa shape index (κ3) is 3.96. The van der Waals surface area contributed by atoms with Crippen LogP contribution in [0.4, 0.5) is 5.69 Å². The predicted molar refractivity (Wildman–Crippen MR) is 89.2 cm³/mol. The maximum absolute atomic E-state index is 11.9. The van der Waals surface area contributed by atoms with Crippen LogP contribution in [-0.4, -0.2) is 12.5 Å². The van der Waals surface area contributed by atoms with Crippen molar-refractivity contribution in [3.05, 3.63) is 57.2 Å². The minimum atomic E-state index is -0.159. The van der Waals surface area contributed by atoms with Gasteiger partial charge in [-0.15, -0.1) is 0 Å². The molecule has 0 atom stereocenters. The Morgan fingerprint density at radius 1 is 1.15 bits per heavy atom. The summed E-state index contributed by atoms with van der Waals surface area (Å²) in [7, 11) is 0. The van der Waals surface area contributed by atoms with E-state index in [0.29, 0.717) is 0 Å². The zero-order chi connectivity index (χ0) is 14.5. The van der Waals surface area contributed by atoms with E-state index >= 15 is 0 Å². The molecule has 0 aliphatic rings. The molecule has 20 heavy (non-hydrogen) atoms. The lowest BCUT2D eigenvalue weighted by Crippen LogP contribution is -2.20. The molecule has 0 fully saturated rings. The molecule has 2 aromatic carbocycles. The van der Waals surface area contributed by atoms with Gasteiger partial charge >= 0.3 is 0 Å². The quantitative estimate of drug-likeness (QED) is 0.816. The Labute approximate surface area is 132 Å². The molecule has 0 bridgehead atoms. The van der Waals surface area contributed by atoms with E-state index < -0.39 is 0 Å². The van der Waals surface area contributed by atoms with E-state index in [2.05, 4.69) is 27.9 Å². The average molecular weight is 381 g/mol. The maximum atomic E-state index is 11.9. The molecule has 1 amide bonds. The van der Waals surface area contributed by atoms with Crippen molar-refractivity contribution in [1.29, 1.82) is 0 Å². The van der Waals surface area contributed by atoms with Gasteiger partial charge in [0.05, 0.1) is 3.57 Å². The first-order valence-corrected chi connectivity index (χ1v) is 7.38. The van der Waals surface area contributed by atoms with Gasteiger partial charge in [0.25, 0.3) is 5.91 Å². The molecule has 0 saturated heterocycles. The summed E-state index contributed by atoms with van der Waals surface area (Å²) in [4.78, 5) is 11.9. The summed E-state index contributed by atoms with van der Waals surface area (Å²) >= 11 is 2.18. The number of carbonyl (C=O) groups is 1. The fraction of sp³-hybridized carbons (Fsp3) is 0.188. The molecule has 0 aliphatic heterocycles. The lowest BCUT2D eigenvalue weighted by Gasteiger charge is -2.10. The van der Waals surface area contributed by atoms with Gasteiger partial charge in [-0.2, -0.15) is 0 Å². The largest absolute Gasteiger partial charge is 0.483 e. The number of rotatable bonds is 4. The highest BCUT2D eigenvalue weighted by molar-refractivity contribution is 14.1. The molecule has 0 heterocycles. The van der Waals surface area contributed by atoms with Crippen molar-refractivity contribution in [3.8, 4) is 5.75 Å².